The summed E-state index contributed by atoms with van der Waals surface area (Å²) in [6.45, 7) is 1.11. The Morgan fingerprint density at radius 3 is 2.00 bits per heavy atom. The number of hydrogen-bond donors (Lipinski definition) is 1. The molecule has 1 N–H and O–H groups in total. The van der Waals surface area contributed by atoms with Crippen LogP contribution < -0.4 is 4.74 Å². The average molecular weight is 456 g/mol. The molecule has 3 aromatic carbocycles. The molecule has 3 nitrogen and oxygen atoms in total. The third kappa shape index (κ3) is 7.11. The van der Waals surface area contributed by atoms with Crippen LogP contribution in [0.4, 0.5) is 4.39 Å². The summed E-state index contributed by atoms with van der Waals surface area (Å²) >= 11 is 0. The summed E-state index contributed by atoms with van der Waals surface area (Å²) < 4.78 is 19.0. The largest absolute Gasteiger partial charge is 0.508 e. The molecule has 0 spiro atoms. The summed E-state index contributed by atoms with van der Waals surface area (Å²) in [5, 5.41) is 9.78. The average Bonchev–Trinajstić information content (AvgIpc) is 2.79. The Bertz CT molecular complexity index is 971. The molecule has 0 aliphatic heterocycles. The molecule has 0 bridgehead atoms. The Morgan fingerprint density at radius 1 is 0.844 bits per heavy atom. The molecule has 0 fully saturated rings. The van der Waals surface area contributed by atoms with Crippen molar-refractivity contribution in [2.24, 2.45) is 0 Å². The first-order chi connectivity index (χ1) is 15.1. The molecule has 0 radical (unpaired) electrons. The van der Waals surface area contributed by atoms with E-state index >= 15 is 0 Å². The van der Waals surface area contributed by atoms with Gasteiger partial charge in [0, 0.05) is 6.54 Å². The maximum absolute atomic E-state index is 13.1. The highest BCUT2D eigenvalue weighted by atomic mass is 35.5. The van der Waals surface area contributed by atoms with Crippen LogP contribution in [0.2, 0.25) is 0 Å². The fourth-order valence-electron chi connectivity index (χ4n) is 3.50. The number of benzene rings is 3. The zero-order valence-electron chi connectivity index (χ0n) is 18.6. The van der Waals surface area contributed by atoms with E-state index in [1.807, 2.05) is 68.7 Å². The van der Waals surface area contributed by atoms with Crippen molar-refractivity contribution in [3.63, 3.8) is 0 Å². The SMILES string of the molecule is CN(C)CCOc1ccc(/C(=C(/CCCF)c2ccccc2)c2ccc(O)cc2)cc1.Cl. The summed E-state index contributed by atoms with van der Waals surface area (Å²) in [5.41, 5.74) is 5.22. The van der Waals surface area contributed by atoms with Gasteiger partial charge in [-0.05, 0) is 79.0 Å². The number of ether oxygens (including phenoxy) is 1. The second-order valence-corrected chi connectivity index (χ2v) is 7.74. The van der Waals surface area contributed by atoms with E-state index in [9.17, 15) is 9.50 Å². The monoisotopic (exact) mass is 455 g/mol. The lowest BCUT2D eigenvalue weighted by atomic mass is 9.87. The van der Waals surface area contributed by atoms with E-state index < -0.39 is 0 Å². The zero-order chi connectivity index (χ0) is 22.1. The van der Waals surface area contributed by atoms with Crippen molar-refractivity contribution in [2.75, 3.05) is 33.9 Å². The summed E-state index contributed by atoms with van der Waals surface area (Å²) in [6, 6.07) is 25.3. The smallest absolute Gasteiger partial charge is 0.119 e. The van der Waals surface area contributed by atoms with Gasteiger partial charge in [0.05, 0.1) is 6.67 Å². The molecule has 0 atom stereocenters. The number of rotatable bonds is 10. The molecule has 32 heavy (non-hydrogen) atoms. The van der Waals surface area contributed by atoms with Gasteiger partial charge >= 0.3 is 0 Å². The number of aromatic hydroxyl groups is 1. The molecule has 0 saturated heterocycles. The van der Waals surface area contributed by atoms with Crippen molar-refractivity contribution in [3.05, 3.63) is 95.6 Å². The number of halogens is 2. The van der Waals surface area contributed by atoms with Gasteiger partial charge in [0.1, 0.15) is 18.1 Å². The van der Waals surface area contributed by atoms with Crippen LogP contribution >= 0.6 is 12.4 Å². The van der Waals surface area contributed by atoms with Gasteiger partial charge in [-0.15, -0.1) is 12.4 Å². The predicted octanol–water partition coefficient (Wildman–Crippen LogP) is 6.46. The molecular weight excluding hydrogens is 425 g/mol. The number of allylic oxidation sites excluding steroid dienone is 1. The van der Waals surface area contributed by atoms with Gasteiger partial charge < -0.3 is 14.7 Å². The third-order valence-corrected chi connectivity index (χ3v) is 5.09. The van der Waals surface area contributed by atoms with Crippen molar-refractivity contribution in [2.45, 2.75) is 12.8 Å². The minimum Gasteiger partial charge on any atom is -0.508 e. The van der Waals surface area contributed by atoms with Crippen molar-refractivity contribution in [3.8, 4) is 11.5 Å². The lowest BCUT2D eigenvalue weighted by Crippen LogP contribution is -2.19. The second-order valence-electron chi connectivity index (χ2n) is 7.74. The molecule has 5 heteroatoms. The quantitative estimate of drug-likeness (QED) is 0.356. The lowest BCUT2D eigenvalue weighted by molar-refractivity contribution is 0.261. The minimum atomic E-state index is -0.363. The topological polar surface area (TPSA) is 32.7 Å². The van der Waals surface area contributed by atoms with Crippen LogP contribution in [0.25, 0.3) is 11.1 Å². The fourth-order valence-corrected chi connectivity index (χ4v) is 3.50. The minimum absolute atomic E-state index is 0. The van der Waals surface area contributed by atoms with Crippen LogP contribution in [0.15, 0.2) is 78.9 Å². The van der Waals surface area contributed by atoms with E-state index in [0.29, 0.717) is 19.4 Å². The van der Waals surface area contributed by atoms with E-state index in [2.05, 4.69) is 17.0 Å². The second kappa shape index (κ2) is 12.9. The van der Waals surface area contributed by atoms with E-state index in [0.717, 1.165) is 40.1 Å². The Kier molecular flexibility index (Phi) is 10.3. The van der Waals surface area contributed by atoms with Crippen LogP contribution in [0.3, 0.4) is 0 Å². The maximum atomic E-state index is 13.1. The number of likely N-dealkylation sites (N-methyl/N-ethyl adjacent to an activating group) is 1. The Hall–Kier alpha value is -2.82. The molecule has 0 saturated carbocycles. The van der Waals surface area contributed by atoms with E-state index in [4.69, 9.17) is 4.74 Å². The number of phenolic OH excluding ortho intramolecular Hbond substituents is 1. The summed E-state index contributed by atoms with van der Waals surface area (Å²) in [6.07, 6.45) is 1.08. The van der Waals surface area contributed by atoms with Crippen molar-refractivity contribution in [1.29, 1.82) is 0 Å². The van der Waals surface area contributed by atoms with Gasteiger partial charge in [-0.2, -0.15) is 0 Å². The van der Waals surface area contributed by atoms with Gasteiger partial charge in [0.15, 0.2) is 0 Å². The lowest BCUT2D eigenvalue weighted by Gasteiger charge is -2.18. The highest BCUT2D eigenvalue weighted by Gasteiger charge is 2.14. The molecule has 3 aromatic rings. The molecule has 0 aliphatic rings. The number of phenols is 1. The zero-order valence-corrected chi connectivity index (χ0v) is 19.4. The van der Waals surface area contributed by atoms with Gasteiger partial charge in [-0.25, -0.2) is 0 Å². The first-order valence-corrected chi connectivity index (χ1v) is 10.6. The summed E-state index contributed by atoms with van der Waals surface area (Å²) in [7, 11) is 4.04. The number of nitrogens with zero attached hydrogens (tertiary/aromatic N) is 1. The molecule has 0 heterocycles. The van der Waals surface area contributed by atoms with Crippen molar-refractivity contribution < 1.29 is 14.2 Å². The van der Waals surface area contributed by atoms with Crippen LogP contribution in [0.1, 0.15) is 29.5 Å². The molecule has 0 amide bonds. The molecule has 3 rings (SSSR count). The van der Waals surface area contributed by atoms with Crippen LogP contribution in [-0.2, 0) is 0 Å². The van der Waals surface area contributed by atoms with Crippen molar-refractivity contribution in [1.82, 2.24) is 4.90 Å². The highest BCUT2D eigenvalue weighted by Crippen LogP contribution is 2.36. The molecular formula is C27H31ClFNO2. The fraction of sp³-hybridized carbons (Fsp3) is 0.259. The standard InChI is InChI=1S/C27H30FNO2.ClH/c1-29(2)19-20-31-25-16-12-23(13-17-25)27(22-10-14-24(30)15-11-22)26(9-6-18-28)21-7-4-3-5-8-21;/h3-5,7-8,10-17,30H,6,9,18-20H2,1-2H3;1H/b27-26-;. The van der Waals surface area contributed by atoms with Crippen molar-refractivity contribution >= 4 is 23.6 Å². The first kappa shape index (κ1) is 25.4. The Balaban J connectivity index is 0.00000363. The van der Waals surface area contributed by atoms with E-state index in [-0.39, 0.29) is 24.8 Å². The molecule has 0 aromatic heterocycles. The Morgan fingerprint density at radius 2 is 1.44 bits per heavy atom. The van der Waals surface area contributed by atoms with E-state index in [1.165, 1.54) is 0 Å². The van der Waals surface area contributed by atoms with Crippen LogP contribution in [-0.4, -0.2) is 43.9 Å². The third-order valence-electron chi connectivity index (χ3n) is 5.09. The van der Waals surface area contributed by atoms with Gasteiger partial charge in [-0.1, -0.05) is 54.6 Å². The number of alkyl halides is 1. The summed E-state index contributed by atoms with van der Waals surface area (Å²) in [5.74, 6) is 1.04. The molecule has 0 aliphatic carbocycles. The van der Waals surface area contributed by atoms with Gasteiger partial charge in [0.25, 0.3) is 0 Å². The van der Waals surface area contributed by atoms with Crippen LogP contribution in [0, 0.1) is 0 Å². The summed E-state index contributed by atoms with van der Waals surface area (Å²) in [4.78, 5) is 2.08. The van der Waals surface area contributed by atoms with E-state index in [1.54, 1.807) is 12.1 Å². The Labute approximate surface area is 196 Å². The normalized spacial score (nSPS) is 11.6. The number of hydrogen-bond acceptors (Lipinski definition) is 3. The van der Waals surface area contributed by atoms with Gasteiger partial charge in [0.2, 0.25) is 0 Å². The van der Waals surface area contributed by atoms with Crippen LogP contribution in [0.5, 0.6) is 11.5 Å². The first-order valence-electron chi connectivity index (χ1n) is 10.6. The maximum Gasteiger partial charge on any atom is 0.119 e. The molecule has 170 valence electrons. The highest BCUT2D eigenvalue weighted by molar-refractivity contribution is 5.98. The van der Waals surface area contributed by atoms with Gasteiger partial charge in [-0.3, -0.25) is 4.39 Å². The molecule has 0 unspecified atom stereocenters. The predicted molar refractivity (Wildman–Crippen MR) is 133 cm³/mol.